The molecule has 2 heterocycles. The molecule has 0 saturated carbocycles. The van der Waals surface area contributed by atoms with Gasteiger partial charge < -0.3 is 5.32 Å². The van der Waals surface area contributed by atoms with Gasteiger partial charge in [-0.25, -0.2) is 5.48 Å². The van der Waals surface area contributed by atoms with Gasteiger partial charge in [-0.05, 0) is 11.6 Å². The van der Waals surface area contributed by atoms with Gasteiger partial charge in [0.25, 0.3) is 5.91 Å². The molecule has 2 rings (SSSR count). The molecule has 3 N–H and O–H groups in total. The molecular weight excluding hydrogens is 182 g/mol. The standard InChI is InChI=1S/C9H11N3O2/c13-9(12-14)7-3-6-4-10-2-1-8(6)11-5-7/h1-3,7,11,14H,4-5H2,(H,12,13). The highest BCUT2D eigenvalue weighted by Crippen LogP contribution is 2.18. The SMILES string of the molecule is O=C(NO)C1C=C2CN=CC=C2NC1. The van der Waals surface area contributed by atoms with E-state index in [0.29, 0.717) is 13.1 Å². The number of hydrogen-bond donors (Lipinski definition) is 3. The molecule has 0 aromatic rings. The molecule has 0 saturated heterocycles. The van der Waals surface area contributed by atoms with Crippen LogP contribution in [0.25, 0.3) is 0 Å². The minimum atomic E-state index is -0.390. The molecular formula is C9H11N3O2. The summed E-state index contributed by atoms with van der Waals surface area (Å²) in [6.45, 7) is 1.10. The van der Waals surface area contributed by atoms with Crippen molar-refractivity contribution >= 4 is 12.1 Å². The number of allylic oxidation sites excluding steroid dienone is 1. The van der Waals surface area contributed by atoms with Crippen LogP contribution in [0.15, 0.2) is 28.4 Å². The van der Waals surface area contributed by atoms with Crippen LogP contribution in [0.4, 0.5) is 0 Å². The molecule has 5 nitrogen and oxygen atoms in total. The first-order valence-corrected chi connectivity index (χ1v) is 4.40. The molecule has 1 unspecified atom stereocenters. The largest absolute Gasteiger partial charge is 0.384 e. The molecule has 0 bridgehead atoms. The lowest BCUT2D eigenvalue weighted by molar-refractivity contribution is -0.131. The Labute approximate surface area is 81.2 Å². The van der Waals surface area contributed by atoms with Gasteiger partial charge in [0.05, 0.1) is 12.5 Å². The van der Waals surface area contributed by atoms with Crippen LogP contribution >= 0.6 is 0 Å². The summed E-state index contributed by atoms with van der Waals surface area (Å²) >= 11 is 0. The van der Waals surface area contributed by atoms with Crippen LogP contribution in [0.2, 0.25) is 0 Å². The zero-order valence-electron chi connectivity index (χ0n) is 7.53. The maximum Gasteiger partial charge on any atom is 0.252 e. The Kier molecular flexibility index (Phi) is 2.32. The molecule has 14 heavy (non-hydrogen) atoms. The lowest BCUT2D eigenvalue weighted by atomic mass is 9.97. The van der Waals surface area contributed by atoms with Crippen molar-refractivity contribution in [2.75, 3.05) is 13.1 Å². The number of fused-ring (bicyclic) bond motifs is 1. The molecule has 5 heteroatoms. The summed E-state index contributed by atoms with van der Waals surface area (Å²) < 4.78 is 0. The molecule has 0 aromatic carbocycles. The van der Waals surface area contributed by atoms with Gasteiger partial charge in [-0.1, -0.05) is 6.08 Å². The van der Waals surface area contributed by atoms with E-state index in [1.54, 1.807) is 11.7 Å². The first-order valence-electron chi connectivity index (χ1n) is 4.40. The highest BCUT2D eigenvalue weighted by molar-refractivity contribution is 5.81. The van der Waals surface area contributed by atoms with Gasteiger partial charge in [-0.3, -0.25) is 15.0 Å². The molecule has 1 amide bonds. The van der Waals surface area contributed by atoms with Gasteiger partial charge in [0.2, 0.25) is 0 Å². The summed E-state index contributed by atoms with van der Waals surface area (Å²) in [6.07, 6.45) is 5.46. The van der Waals surface area contributed by atoms with E-state index >= 15 is 0 Å². The molecule has 0 aromatic heterocycles. The van der Waals surface area contributed by atoms with E-state index in [1.807, 2.05) is 12.2 Å². The summed E-state index contributed by atoms with van der Waals surface area (Å²) in [4.78, 5) is 15.2. The first-order chi connectivity index (χ1) is 6.81. The topological polar surface area (TPSA) is 73.7 Å². The van der Waals surface area contributed by atoms with Crippen LogP contribution in [0.3, 0.4) is 0 Å². The average Bonchev–Trinajstić information content (AvgIpc) is 2.27. The lowest BCUT2D eigenvalue weighted by Crippen LogP contribution is -2.38. The third kappa shape index (κ3) is 1.54. The summed E-state index contributed by atoms with van der Waals surface area (Å²) in [5.74, 6) is -0.709. The van der Waals surface area contributed by atoms with Crippen molar-refractivity contribution in [1.82, 2.24) is 10.8 Å². The Morgan fingerprint density at radius 3 is 3.36 bits per heavy atom. The van der Waals surface area contributed by atoms with Crippen molar-refractivity contribution in [2.24, 2.45) is 10.9 Å². The van der Waals surface area contributed by atoms with Crippen molar-refractivity contribution in [3.63, 3.8) is 0 Å². The van der Waals surface area contributed by atoms with Crippen LogP contribution in [0.5, 0.6) is 0 Å². The number of carbonyl (C=O) groups is 1. The number of nitrogens with one attached hydrogen (secondary N) is 2. The Bertz CT molecular complexity index is 344. The van der Waals surface area contributed by atoms with Crippen LogP contribution < -0.4 is 10.8 Å². The highest BCUT2D eigenvalue weighted by Gasteiger charge is 2.22. The van der Waals surface area contributed by atoms with Gasteiger partial charge in [-0.2, -0.15) is 0 Å². The second-order valence-corrected chi connectivity index (χ2v) is 3.23. The van der Waals surface area contributed by atoms with Crippen molar-refractivity contribution in [1.29, 1.82) is 0 Å². The number of aliphatic imine (C=N–C) groups is 1. The number of hydrogen-bond acceptors (Lipinski definition) is 4. The first kappa shape index (κ1) is 8.96. The van der Waals surface area contributed by atoms with Crippen molar-refractivity contribution in [2.45, 2.75) is 0 Å². The summed E-state index contributed by atoms with van der Waals surface area (Å²) in [6, 6.07) is 0. The second kappa shape index (κ2) is 3.63. The van der Waals surface area contributed by atoms with Crippen LogP contribution in [0.1, 0.15) is 0 Å². The average molecular weight is 193 g/mol. The Morgan fingerprint density at radius 1 is 1.71 bits per heavy atom. The van der Waals surface area contributed by atoms with Gasteiger partial charge >= 0.3 is 0 Å². The van der Waals surface area contributed by atoms with Gasteiger partial charge in [0.15, 0.2) is 0 Å². The predicted molar refractivity (Wildman–Crippen MR) is 50.9 cm³/mol. The van der Waals surface area contributed by atoms with Crippen molar-refractivity contribution in [3.05, 3.63) is 23.4 Å². The van der Waals surface area contributed by atoms with Crippen LogP contribution in [-0.4, -0.2) is 30.4 Å². The molecule has 74 valence electrons. The third-order valence-electron chi connectivity index (χ3n) is 2.32. The van der Waals surface area contributed by atoms with Gasteiger partial charge in [0, 0.05) is 18.5 Å². The molecule has 2 aliphatic heterocycles. The molecule has 0 radical (unpaired) electrons. The minimum Gasteiger partial charge on any atom is -0.384 e. The van der Waals surface area contributed by atoms with Crippen molar-refractivity contribution in [3.8, 4) is 0 Å². The monoisotopic (exact) mass is 193 g/mol. The van der Waals surface area contributed by atoms with E-state index in [0.717, 1.165) is 11.3 Å². The predicted octanol–water partition coefficient (Wildman–Crippen LogP) is -0.394. The Balaban J connectivity index is 2.19. The Morgan fingerprint density at radius 2 is 2.57 bits per heavy atom. The normalized spacial score (nSPS) is 24.2. The number of hydroxylamine groups is 1. The third-order valence-corrected chi connectivity index (χ3v) is 2.32. The molecule has 2 aliphatic rings. The number of rotatable bonds is 1. The van der Waals surface area contributed by atoms with E-state index in [4.69, 9.17) is 5.21 Å². The molecule has 0 fully saturated rings. The van der Waals surface area contributed by atoms with E-state index < -0.39 is 5.91 Å². The molecule has 0 spiro atoms. The highest BCUT2D eigenvalue weighted by atomic mass is 16.5. The van der Waals surface area contributed by atoms with Gasteiger partial charge in [0.1, 0.15) is 0 Å². The fourth-order valence-corrected chi connectivity index (χ4v) is 1.56. The van der Waals surface area contributed by atoms with Crippen molar-refractivity contribution < 1.29 is 10.0 Å². The summed E-state index contributed by atoms with van der Waals surface area (Å²) in [7, 11) is 0. The number of dihydropyridines is 1. The van der Waals surface area contributed by atoms with E-state index in [1.165, 1.54) is 0 Å². The number of nitrogens with zero attached hydrogens (tertiary/aromatic N) is 1. The lowest BCUT2D eigenvalue weighted by Gasteiger charge is -2.24. The number of amides is 1. The molecule has 1 atom stereocenters. The quantitative estimate of drug-likeness (QED) is 0.392. The number of carbonyl (C=O) groups excluding carboxylic acids is 1. The second-order valence-electron chi connectivity index (χ2n) is 3.23. The Hall–Kier alpha value is -1.62. The van der Waals surface area contributed by atoms with Crippen LogP contribution in [0, 0.1) is 5.92 Å². The fourth-order valence-electron chi connectivity index (χ4n) is 1.56. The zero-order valence-corrected chi connectivity index (χ0v) is 7.53. The maximum atomic E-state index is 11.1. The van der Waals surface area contributed by atoms with Crippen LogP contribution in [-0.2, 0) is 4.79 Å². The van der Waals surface area contributed by atoms with Gasteiger partial charge in [-0.15, -0.1) is 0 Å². The molecule has 0 aliphatic carbocycles. The minimum absolute atomic E-state index is 0.319. The van der Waals surface area contributed by atoms with E-state index in [9.17, 15) is 4.79 Å². The zero-order chi connectivity index (χ0) is 9.97. The van der Waals surface area contributed by atoms with E-state index in [2.05, 4.69) is 10.3 Å². The smallest absolute Gasteiger partial charge is 0.252 e. The van der Waals surface area contributed by atoms with E-state index in [-0.39, 0.29) is 5.92 Å². The fraction of sp³-hybridized carbons (Fsp3) is 0.333. The maximum absolute atomic E-state index is 11.1. The summed E-state index contributed by atoms with van der Waals surface area (Å²) in [5.41, 5.74) is 3.67. The summed E-state index contributed by atoms with van der Waals surface area (Å²) in [5, 5.41) is 11.6.